The van der Waals surface area contributed by atoms with E-state index < -0.39 is 10.0 Å². The Morgan fingerprint density at radius 2 is 1.95 bits per heavy atom. The lowest BCUT2D eigenvalue weighted by Crippen LogP contribution is -2.36. The maximum Gasteiger partial charge on any atom is 0.215 e. The molecule has 0 aliphatic heterocycles. The zero-order valence-electron chi connectivity index (χ0n) is 11.8. The number of aromatic nitrogens is 1. The zero-order chi connectivity index (χ0) is 14.3. The van der Waals surface area contributed by atoms with Crippen LogP contribution in [0.1, 0.15) is 19.4 Å². The van der Waals surface area contributed by atoms with Crippen LogP contribution < -0.4 is 5.32 Å². The van der Waals surface area contributed by atoms with Gasteiger partial charge < -0.3 is 5.32 Å². The Labute approximate surface area is 116 Å². The van der Waals surface area contributed by atoms with Crippen molar-refractivity contribution in [3.05, 3.63) is 30.1 Å². The largest absolute Gasteiger partial charge is 0.313 e. The van der Waals surface area contributed by atoms with E-state index in [1.54, 1.807) is 19.4 Å². The fourth-order valence-corrected chi connectivity index (χ4v) is 2.66. The molecule has 0 atom stereocenters. The molecule has 1 rings (SSSR count). The van der Waals surface area contributed by atoms with Crippen molar-refractivity contribution in [2.75, 3.05) is 25.9 Å². The average Bonchev–Trinajstić information content (AvgIpc) is 2.36. The van der Waals surface area contributed by atoms with Crippen LogP contribution in [0.3, 0.4) is 0 Å². The van der Waals surface area contributed by atoms with Crippen molar-refractivity contribution in [1.29, 1.82) is 0 Å². The number of likely N-dealkylation sites (N-methyl/N-ethyl adjacent to an activating group) is 1. The van der Waals surface area contributed by atoms with Crippen LogP contribution in [0.25, 0.3) is 0 Å². The summed E-state index contributed by atoms with van der Waals surface area (Å²) >= 11 is 0. The SMILES string of the molecule is CC(C)NCCS(=O)(=O)N(C)CCc1ccncc1. The monoisotopic (exact) mass is 285 g/mol. The molecule has 0 fully saturated rings. The minimum Gasteiger partial charge on any atom is -0.313 e. The average molecular weight is 285 g/mol. The number of nitrogens with zero attached hydrogens (tertiary/aromatic N) is 2. The third-order valence-corrected chi connectivity index (χ3v) is 4.70. The molecule has 0 aliphatic carbocycles. The lowest BCUT2D eigenvalue weighted by molar-refractivity contribution is 0.469. The first-order valence-corrected chi connectivity index (χ1v) is 8.09. The number of pyridine rings is 1. The summed E-state index contributed by atoms with van der Waals surface area (Å²) in [6.45, 7) is 4.98. The summed E-state index contributed by atoms with van der Waals surface area (Å²) < 4.78 is 25.4. The first-order valence-electron chi connectivity index (χ1n) is 6.48. The van der Waals surface area contributed by atoms with Gasteiger partial charge in [-0.3, -0.25) is 4.98 Å². The van der Waals surface area contributed by atoms with Crippen molar-refractivity contribution in [1.82, 2.24) is 14.6 Å². The number of hydrogen-bond acceptors (Lipinski definition) is 4. The highest BCUT2D eigenvalue weighted by atomic mass is 32.2. The number of nitrogens with one attached hydrogen (secondary N) is 1. The van der Waals surface area contributed by atoms with Crippen molar-refractivity contribution in [3.8, 4) is 0 Å². The molecule has 0 aliphatic rings. The molecule has 1 N–H and O–H groups in total. The molecule has 0 bridgehead atoms. The topological polar surface area (TPSA) is 62.3 Å². The predicted octanol–water partition coefficient (Wildman–Crippen LogP) is 0.884. The molecule has 108 valence electrons. The first-order chi connectivity index (χ1) is 8.92. The molecule has 19 heavy (non-hydrogen) atoms. The molecule has 5 nitrogen and oxygen atoms in total. The molecule has 0 aromatic carbocycles. The predicted molar refractivity (Wildman–Crippen MR) is 77.5 cm³/mol. The standard InChI is InChI=1S/C13H23N3O2S/c1-12(2)15-9-11-19(17,18)16(3)10-6-13-4-7-14-8-5-13/h4-5,7-8,12,15H,6,9-11H2,1-3H3. The van der Waals surface area contributed by atoms with E-state index in [2.05, 4.69) is 10.3 Å². The van der Waals surface area contributed by atoms with Crippen LogP contribution >= 0.6 is 0 Å². The summed E-state index contributed by atoms with van der Waals surface area (Å²) in [5.41, 5.74) is 1.09. The van der Waals surface area contributed by atoms with Gasteiger partial charge >= 0.3 is 0 Å². The van der Waals surface area contributed by atoms with Crippen LogP contribution in [0.15, 0.2) is 24.5 Å². The van der Waals surface area contributed by atoms with Gasteiger partial charge in [0, 0.05) is 38.6 Å². The number of sulfonamides is 1. The molecule has 6 heteroatoms. The molecule has 1 aromatic rings. The molecule has 0 unspecified atom stereocenters. The van der Waals surface area contributed by atoms with E-state index in [0.29, 0.717) is 25.6 Å². The third-order valence-electron chi connectivity index (χ3n) is 2.85. The highest BCUT2D eigenvalue weighted by Crippen LogP contribution is 2.03. The molecule has 0 saturated carbocycles. The Balaban J connectivity index is 2.41. The van der Waals surface area contributed by atoms with Gasteiger partial charge in [-0.1, -0.05) is 13.8 Å². The lowest BCUT2D eigenvalue weighted by Gasteiger charge is -2.17. The normalized spacial score (nSPS) is 12.3. The van der Waals surface area contributed by atoms with Gasteiger partial charge in [0.15, 0.2) is 0 Å². The van der Waals surface area contributed by atoms with Crippen molar-refractivity contribution in [2.45, 2.75) is 26.3 Å². The Morgan fingerprint density at radius 1 is 1.32 bits per heavy atom. The summed E-state index contributed by atoms with van der Waals surface area (Å²) in [5, 5.41) is 3.12. The van der Waals surface area contributed by atoms with Crippen molar-refractivity contribution >= 4 is 10.0 Å². The van der Waals surface area contributed by atoms with E-state index in [1.807, 2.05) is 26.0 Å². The quantitative estimate of drug-likeness (QED) is 0.770. The van der Waals surface area contributed by atoms with Gasteiger partial charge in [0.25, 0.3) is 0 Å². The maximum atomic E-state index is 12.0. The van der Waals surface area contributed by atoms with Gasteiger partial charge in [-0.05, 0) is 24.1 Å². The second-order valence-corrected chi connectivity index (χ2v) is 7.05. The highest BCUT2D eigenvalue weighted by Gasteiger charge is 2.17. The summed E-state index contributed by atoms with van der Waals surface area (Å²) in [6.07, 6.45) is 4.14. The molecule has 0 spiro atoms. The number of hydrogen-bond donors (Lipinski definition) is 1. The Bertz CT molecular complexity index is 460. The maximum absolute atomic E-state index is 12.0. The number of rotatable bonds is 8. The smallest absolute Gasteiger partial charge is 0.215 e. The lowest BCUT2D eigenvalue weighted by atomic mass is 10.2. The van der Waals surface area contributed by atoms with Crippen LogP contribution in [-0.4, -0.2) is 49.6 Å². The van der Waals surface area contributed by atoms with Crippen molar-refractivity contribution in [3.63, 3.8) is 0 Å². The van der Waals surface area contributed by atoms with E-state index in [0.717, 1.165) is 5.56 Å². The second-order valence-electron chi connectivity index (χ2n) is 4.85. The molecule has 1 aromatic heterocycles. The summed E-state index contributed by atoms with van der Waals surface area (Å²) in [5.74, 6) is 0.137. The summed E-state index contributed by atoms with van der Waals surface area (Å²) in [6, 6.07) is 4.11. The molecule has 0 amide bonds. The van der Waals surface area contributed by atoms with Gasteiger partial charge in [-0.2, -0.15) is 0 Å². The molecule has 0 radical (unpaired) electrons. The van der Waals surface area contributed by atoms with E-state index in [9.17, 15) is 8.42 Å². The molecule has 1 heterocycles. The zero-order valence-corrected chi connectivity index (χ0v) is 12.7. The minimum atomic E-state index is -3.17. The molecular formula is C13H23N3O2S. The van der Waals surface area contributed by atoms with Crippen molar-refractivity contribution < 1.29 is 8.42 Å². The van der Waals surface area contributed by atoms with Crippen LogP contribution in [0.5, 0.6) is 0 Å². The minimum absolute atomic E-state index is 0.137. The summed E-state index contributed by atoms with van der Waals surface area (Å²) in [4.78, 5) is 3.94. The summed E-state index contributed by atoms with van der Waals surface area (Å²) in [7, 11) is -1.54. The second kappa shape index (κ2) is 7.57. The fourth-order valence-electron chi connectivity index (χ4n) is 1.61. The Hall–Kier alpha value is -0.980. The van der Waals surface area contributed by atoms with Gasteiger partial charge in [0.1, 0.15) is 0 Å². The van der Waals surface area contributed by atoms with Crippen LogP contribution in [0.4, 0.5) is 0 Å². The fraction of sp³-hybridized carbons (Fsp3) is 0.615. The van der Waals surface area contributed by atoms with Crippen LogP contribution in [-0.2, 0) is 16.4 Å². The van der Waals surface area contributed by atoms with E-state index in [1.165, 1.54) is 4.31 Å². The van der Waals surface area contributed by atoms with E-state index in [-0.39, 0.29) is 5.75 Å². The molecule has 0 saturated heterocycles. The van der Waals surface area contributed by atoms with Gasteiger partial charge in [0.05, 0.1) is 5.75 Å². The first kappa shape index (κ1) is 16.1. The van der Waals surface area contributed by atoms with Crippen LogP contribution in [0, 0.1) is 0 Å². The van der Waals surface area contributed by atoms with Crippen LogP contribution in [0.2, 0.25) is 0 Å². The van der Waals surface area contributed by atoms with Gasteiger partial charge in [-0.25, -0.2) is 12.7 Å². The van der Waals surface area contributed by atoms with E-state index in [4.69, 9.17) is 0 Å². The third kappa shape index (κ3) is 6.13. The van der Waals surface area contributed by atoms with Crippen molar-refractivity contribution in [2.24, 2.45) is 0 Å². The van der Waals surface area contributed by atoms with Gasteiger partial charge in [0.2, 0.25) is 10.0 Å². The van der Waals surface area contributed by atoms with E-state index >= 15 is 0 Å². The van der Waals surface area contributed by atoms with Gasteiger partial charge in [-0.15, -0.1) is 0 Å². The Morgan fingerprint density at radius 3 is 2.53 bits per heavy atom. The molecular weight excluding hydrogens is 262 g/mol. The highest BCUT2D eigenvalue weighted by molar-refractivity contribution is 7.89. The Kier molecular flexibility index (Phi) is 6.41.